The molecule has 3 aromatic rings. The fourth-order valence-corrected chi connectivity index (χ4v) is 3.93. The second kappa shape index (κ2) is 7.21. The summed E-state index contributed by atoms with van der Waals surface area (Å²) in [5.41, 5.74) is -0.468. The Balaban J connectivity index is 1.92. The van der Waals surface area contributed by atoms with Gasteiger partial charge in [-0.3, -0.25) is 14.5 Å². The number of Topliss-reactive ketones (excluding diaryl/α,β-unsaturated/α-hetero) is 1. The number of halogens is 3. The fourth-order valence-electron chi connectivity index (χ4n) is 3.26. The number of hydrogen-bond donors (Lipinski definition) is 1. The molecule has 1 unspecified atom stereocenters. The van der Waals surface area contributed by atoms with Gasteiger partial charge >= 0.3 is 0 Å². The standard InChI is InChI=1S/C21H12F3NO3S/c22-12-5-3-11(4-6-12)18-17(19(26)16-2-1-9-29-16)20(27)21(28)25(18)15-10-13(23)7-8-14(15)24/h1-10,18,27H. The highest BCUT2D eigenvalue weighted by atomic mass is 32.1. The van der Waals surface area contributed by atoms with Crippen LogP contribution < -0.4 is 4.90 Å². The summed E-state index contributed by atoms with van der Waals surface area (Å²) < 4.78 is 41.7. The highest BCUT2D eigenvalue weighted by Crippen LogP contribution is 2.43. The third-order valence-electron chi connectivity index (χ3n) is 4.55. The molecule has 0 spiro atoms. The Labute approximate surface area is 167 Å². The first-order valence-electron chi connectivity index (χ1n) is 8.44. The zero-order chi connectivity index (χ0) is 20.7. The van der Waals surface area contributed by atoms with Gasteiger partial charge in [-0.05, 0) is 41.3 Å². The lowest BCUT2D eigenvalue weighted by Gasteiger charge is -2.27. The SMILES string of the molecule is O=C(C1=C(O)C(=O)N(c2cc(F)ccc2F)C1c1ccc(F)cc1)c1cccs1. The van der Waals surface area contributed by atoms with E-state index in [1.165, 1.54) is 18.2 Å². The summed E-state index contributed by atoms with van der Waals surface area (Å²) in [7, 11) is 0. The summed E-state index contributed by atoms with van der Waals surface area (Å²) in [5, 5.41) is 12.1. The van der Waals surface area contributed by atoms with Gasteiger partial charge in [0.1, 0.15) is 17.5 Å². The summed E-state index contributed by atoms with van der Waals surface area (Å²) in [5.74, 6) is -4.81. The number of benzene rings is 2. The Kier molecular flexibility index (Phi) is 4.71. The number of carbonyl (C=O) groups is 2. The average Bonchev–Trinajstić information content (AvgIpc) is 3.32. The molecule has 1 aromatic heterocycles. The van der Waals surface area contributed by atoms with Crippen LogP contribution in [0.25, 0.3) is 0 Å². The van der Waals surface area contributed by atoms with E-state index in [9.17, 15) is 27.9 Å². The van der Waals surface area contributed by atoms with Crippen LogP contribution in [-0.2, 0) is 4.79 Å². The average molecular weight is 415 g/mol. The Morgan fingerprint density at radius 2 is 1.69 bits per heavy atom. The van der Waals surface area contributed by atoms with Gasteiger partial charge in [-0.25, -0.2) is 13.2 Å². The van der Waals surface area contributed by atoms with Gasteiger partial charge in [-0.1, -0.05) is 18.2 Å². The van der Waals surface area contributed by atoms with Crippen LogP contribution in [0.4, 0.5) is 18.9 Å². The molecular weight excluding hydrogens is 403 g/mol. The molecule has 4 nitrogen and oxygen atoms in total. The van der Waals surface area contributed by atoms with Crippen molar-refractivity contribution in [1.29, 1.82) is 0 Å². The Morgan fingerprint density at radius 3 is 2.34 bits per heavy atom. The summed E-state index contributed by atoms with van der Waals surface area (Å²) in [6, 6.07) is 9.28. The van der Waals surface area contributed by atoms with Crippen LogP contribution in [0.15, 0.2) is 71.3 Å². The third kappa shape index (κ3) is 3.21. The normalized spacial score (nSPS) is 16.6. The topological polar surface area (TPSA) is 57.6 Å². The van der Waals surface area contributed by atoms with Crippen molar-refractivity contribution in [3.63, 3.8) is 0 Å². The van der Waals surface area contributed by atoms with Crippen LogP contribution in [0.1, 0.15) is 21.3 Å². The molecule has 2 heterocycles. The third-order valence-corrected chi connectivity index (χ3v) is 5.42. The minimum Gasteiger partial charge on any atom is -0.503 e. The Bertz CT molecular complexity index is 1140. The van der Waals surface area contributed by atoms with Crippen molar-refractivity contribution in [3.8, 4) is 0 Å². The van der Waals surface area contributed by atoms with Gasteiger partial charge in [0.25, 0.3) is 5.91 Å². The molecule has 1 atom stereocenters. The van der Waals surface area contributed by atoms with Crippen LogP contribution in [0.3, 0.4) is 0 Å². The molecule has 0 aliphatic carbocycles. The molecular formula is C21H12F3NO3S. The number of thiophene rings is 1. The number of rotatable bonds is 4. The van der Waals surface area contributed by atoms with E-state index in [-0.39, 0.29) is 16.0 Å². The van der Waals surface area contributed by atoms with Crippen LogP contribution in [0.5, 0.6) is 0 Å². The predicted molar refractivity (Wildman–Crippen MR) is 101 cm³/mol. The summed E-state index contributed by atoms with van der Waals surface area (Å²) >= 11 is 1.10. The van der Waals surface area contributed by atoms with Gasteiger partial charge in [0.2, 0.25) is 5.78 Å². The second-order valence-electron chi connectivity index (χ2n) is 6.29. The molecule has 2 aromatic carbocycles. The minimum atomic E-state index is -1.26. The van der Waals surface area contributed by atoms with E-state index in [1.807, 2.05) is 0 Å². The zero-order valence-corrected chi connectivity index (χ0v) is 15.4. The number of aliphatic hydroxyl groups is 1. The molecule has 0 saturated heterocycles. The molecule has 8 heteroatoms. The van der Waals surface area contributed by atoms with Crippen molar-refractivity contribution >= 4 is 28.7 Å². The lowest BCUT2D eigenvalue weighted by molar-refractivity contribution is -0.117. The summed E-state index contributed by atoms with van der Waals surface area (Å²) in [6.07, 6.45) is 0. The van der Waals surface area contributed by atoms with Gasteiger partial charge in [0, 0.05) is 6.07 Å². The maximum atomic E-state index is 14.5. The summed E-state index contributed by atoms with van der Waals surface area (Å²) in [6.45, 7) is 0. The Hall–Kier alpha value is -3.39. The van der Waals surface area contributed by atoms with Gasteiger partial charge < -0.3 is 5.11 Å². The lowest BCUT2D eigenvalue weighted by atomic mass is 9.95. The first kappa shape index (κ1) is 18.9. The van der Waals surface area contributed by atoms with Crippen molar-refractivity contribution in [1.82, 2.24) is 0 Å². The first-order chi connectivity index (χ1) is 13.9. The molecule has 1 amide bonds. The van der Waals surface area contributed by atoms with E-state index in [4.69, 9.17) is 0 Å². The van der Waals surface area contributed by atoms with Crippen LogP contribution in [0, 0.1) is 17.5 Å². The molecule has 0 radical (unpaired) electrons. The van der Waals surface area contributed by atoms with Gasteiger partial charge in [-0.15, -0.1) is 11.3 Å². The van der Waals surface area contributed by atoms with Crippen LogP contribution >= 0.6 is 11.3 Å². The number of aliphatic hydroxyl groups excluding tert-OH is 1. The van der Waals surface area contributed by atoms with E-state index in [1.54, 1.807) is 11.4 Å². The molecule has 29 heavy (non-hydrogen) atoms. The molecule has 1 aliphatic rings. The molecule has 0 saturated carbocycles. The highest BCUT2D eigenvalue weighted by molar-refractivity contribution is 7.12. The lowest BCUT2D eigenvalue weighted by Crippen LogP contribution is -2.31. The predicted octanol–water partition coefficient (Wildman–Crippen LogP) is 4.95. The largest absolute Gasteiger partial charge is 0.503 e. The molecule has 146 valence electrons. The van der Waals surface area contributed by atoms with Crippen molar-refractivity contribution in [2.75, 3.05) is 4.90 Å². The van der Waals surface area contributed by atoms with E-state index in [0.29, 0.717) is 0 Å². The second-order valence-corrected chi connectivity index (χ2v) is 7.24. The molecule has 0 fully saturated rings. The Morgan fingerprint density at radius 1 is 1.00 bits per heavy atom. The van der Waals surface area contributed by atoms with Crippen molar-refractivity contribution in [2.24, 2.45) is 0 Å². The molecule has 0 bridgehead atoms. The first-order valence-corrected chi connectivity index (χ1v) is 9.32. The quantitative estimate of drug-likeness (QED) is 0.614. The number of ketones is 1. The van der Waals surface area contributed by atoms with E-state index >= 15 is 0 Å². The fraction of sp³-hybridized carbons (Fsp3) is 0.0476. The van der Waals surface area contributed by atoms with E-state index in [0.717, 1.165) is 46.6 Å². The van der Waals surface area contributed by atoms with Crippen molar-refractivity contribution in [2.45, 2.75) is 6.04 Å². The maximum absolute atomic E-state index is 14.5. The molecule has 4 rings (SSSR count). The van der Waals surface area contributed by atoms with Crippen LogP contribution in [0.2, 0.25) is 0 Å². The number of carbonyl (C=O) groups excluding carboxylic acids is 2. The van der Waals surface area contributed by atoms with Crippen molar-refractivity contribution < 1.29 is 27.9 Å². The number of amides is 1. The van der Waals surface area contributed by atoms with E-state index in [2.05, 4.69) is 0 Å². The number of hydrogen-bond acceptors (Lipinski definition) is 4. The van der Waals surface area contributed by atoms with Crippen LogP contribution in [-0.4, -0.2) is 16.8 Å². The summed E-state index contributed by atoms with van der Waals surface area (Å²) in [4.78, 5) is 26.9. The molecule has 1 aliphatic heterocycles. The zero-order valence-electron chi connectivity index (χ0n) is 14.6. The maximum Gasteiger partial charge on any atom is 0.294 e. The monoisotopic (exact) mass is 415 g/mol. The van der Waals surface area contributed by atoms with Gasteiger partial charge in [-0.2, -0.15) is 0 Å². The van der Waals surface area contributed by atoms with Gasteiger partial charge in [0.05, 0.1) is 22.2 Å². The van der Waals surface area contributed by atoms with E-state index < -0.39 is 46.6 Å². The van der Waals surface area contributed by atoms with Crippen molar-refractivity contribution in [3.05, 3.63) is 99.2 Å². The highest BCUT2D eigenvalue weighted by Gasteiger charge is 2.45. The minimum absolute atomic E-state index is 0.257. The molecule has 1 N–H and O–H groups in total. The van der Waals surface area contributed by atoms with Gasteiger partial charge in [0.15, 0.2) is 5.76 Å². The smallest absolute Gasteiger partial charge is 0.294 e. The number of anilines is 1. The number of nitrogens with zero attached hydrogens (tertiary/aromatic N) is 1.